The highest BCUT2D eigenvalue weighted by molar-refractivity contribution is 5.78. The lowest BCUT2D eigenvalue weighted by Crippen LogP contribution is -2.45. The van der Waals surface area contributed by atoms with Gasteiger partial charge in [-0.1, -0.05) is 44.2 Å². The minimum Gasteiger partial charge on any atom is -0.462 e. The van der Waals surface area contributed by atoms with Crippen molar-refractivity contribution < 1.29 is 48.3 Å². The van der Waals surface area contributed by atoms with Crippen LogP contribution in [0.4, 0.5) is 0 Å². The molecule has 0 radical (unpaired) electrons. The molecule has 0 amide bonds. The largest absolute Gasteiger partial charge is 0.462 e. The van der Waals surface area contributed by atoms with Gasteiger partial charge in [-0.3, -0.25) is 4.79 Å². The summed E-state index contributed by atoms with van der Waals surface area (Å²) < 4.78 is 28.4. The van der Waals surface area contributed by atoms with E-state index in [1.54, 1.807) is 27.2 Å². The molecule has 0 spiro atoms. The van der Waals surface area contributed by atoms with Gasteiger partial charge in [0.25, 0.3) is 0 Å². The second-order valence-corrected chi connectivity index (χ2v) is 13.3. The number of methoxy groups -OCH3 is 1. The number of aliphatic hydroxyl groups is 3. The van der Waals surface area contributed by atoms with E-state index in [-0.39, 0.29) is 24.7 Å². The van der Waals surface area contributed by atoms with Gasteiger partial charge in [0.1, 0.15) is 29.8 Å². The molecule has 0 saturated carbocycles. The number of hydrogen-bond acceptors (Lipinski definition) is 11. The molecule has 1 aromatic heterocycles. The van der Waals surface area contributed by atoms with Gasteiger partial charge >= 0.3 is 11.9 Å². The lowest BCUT2D eigenvalue weighted by atomic mass is 9.83. The molecule has 3 N–H and O–H groups in total. The van der Waals surface area contributed by atoms with Gasteiger partial charge in [-0.25, -0.2) is 9.78 Å². The first-order valence-corrected chi connectivity index (χ1v) is 16.0. The molecule has 4 rings (SSSR count). The topological polar surface area (TPSA) is 161 Å². The molecule has 11 atom stereocenters. The molecule has 3 unspecified atom stereocenters. The van der Waals surface area contributed by atoms with E-state index >= 15 is 0 Å². The van der Waals surface area contributed by atoms with Crippen molar-refractivity contribution in [3.8, 4) is 0 Å². The molecule has 4 heterocycles. The minimum absolute atomic E-state index is 0.0718. The van der Waals surface area contributed by atoms with E-state index in [0.29, 0.717) is 18.7 Å². The van der Waals surface area contributed by atoms with Gasteiger partial charge in [-0.05, 0) is 56.8 Å². The van der Waals surface area contributed by atoms with E-state index in [0.717, 1.165) is 16.8 Å². The summed E-state index contributed by atoms with van der Waals surface area (Å²) in [4.78, 5) is 30.0. The number of cyclic esters (lactones) is 1. The van der Waals surface area contributed by atoms with E-state index < -0.39 is 66.1 Å². The maximum absolute atomic E-state index is 13.3. The van der Waals surface area contributed by atoms with Crippen molar-refractivity contribution in [2.24, 2.45) is 17.8 Å². The highest BCUT2D eigenvalue weighted by Crippen LogP contribution is 2.38. The zero-order valence-electron chi connectivity index (χ0n) is 27.8. The highest BCUT2D eigenvalue weighted by atomic mass is 16.6. The zero-order chi connectivity index (χ0) is 33.8. The standard InChI is InChI=1S/C35H49NO10/c1-19(13-25-18-43-23(5)36-25)9-8-10-20(2)32(42-7)22(4)28-17-30(38)35(6,41)12-11-26(37)21(3)27-14-24(16-31(39)44-27)15-29-33(45-29)34(40)46-28/h8-13,18,21-22,24,26-30,32-33,37-38,41H,14-17H2,1-7H3/t21-,22+,24+,26?,27-,28?,29+,30+,32+,33-,35?/m1/s1. The van der Waals surface area contributed by atoms with Gasteiger partial charge in [-0.15, -0.1) is 0 Å². The molecular formula is C35H49NO10. The van der Waals surface area contributed by atoms with Crippen LogP contribution in [0.3, 0.4) is 0 Å². The second-order valence-electron chi connectivity index (χ2n) is 13.3. The fraction of sp³-hybridized carbons (Fsp3) is 0.629. The number of aryl methyl sites for hydroxylation is 1. The number of rotatable bonds is 7. The third-order valence-corrected chi connectivity index (χ3v) is 9.34. The maximum Gasteiger partial charge on any atom is 0.338 e. The molecule has 11 heteroatoms. The SMILES string of the molecule is CO[C@@H](C(C)=CC=CC(C)=Cc1coc(C)n1)[C@@H](C)C1C[C@H](O)C(C)(O)C=CC(O)[C@@H](C)[C@H]2C[C@H](CC(=O)O2)C[C@@H]2O[C@H]2C(=O)O1. The van der Waals surface area contributed by atoms with Crippen LogP contribution in [0, 0.1) is 24.7 Å². The maximum atomic E-state index is 13.3. The molecule has 2 fully saturated rings. The first-order valence-electron chi connectivity index (χ1n) is 16.0. The predicted molar refractivity (Wildman–Crippen MR) is 169 cm³/mol. The van der Waals surface area contributed by atoms with Crippen LogP contribution in [-0.2, 0) is 28.5 Å². The zero-order valence-corrected chi connectivity index (χ0v) is 27.8. The Morgan fingerprint density at radius 2 is 1.87 bits per heavy atom. The van der Waals surface area contributed by atoms with Crippen molar-refractivity contribution in [1.82, 2.24) is 4.98 Å². The van der Waals surface area contributed by atoms with Crippen LogP contribution in [-0.4, -0.2) is 87.7 Å². The summed E-state index contributed by atoms with van der Waals surface area (Å²) >= 11 is 0. The molecule has 1 aromatic rings. The highest BCUT2D eigenvalue weighted by Gasteiger charge is 2.50. The summed E-state index contributed by atoms with van der Waals surface area (Å²) in [6.07, 6.45) is 7.64. The van der Waals surface area contributed by atoms with E-state index in [1.807, 2.05) is 45.1 Å². The van der Waals surface area contributed by atoms with Gasteiger partial charge < -0.3 is 38.7 Å². The van der Waals surface area contributed by atoms with Crippen LogP contribution >= 0.6 is 0 Å². The lowest BCUT2D eigenvalue weighted by Gasteiger charge is -2.35. The average Bonchev–Trinajstić information content (AvgIpc) is 3.64. The van der Waals surface area contributed by atoms with Crippen molar-refractivity contribution in [3.63, 3.8) is 0 Å². The lowest BCUT2D eigenvalue weighted by molar-refractivity contribution is -0.162. The normalized spacial score (nSPS) is 36.1. The van der Waals surface area contributed by atoms with Crippen molar-refractivity contribution in [2.45, 2.75) is 116 Å². The number of hydrogen-bond donors (Lipinski definition) is 3. The number of allylic oxidation sites excluding steroid dienone is 4. The average molecular weight is 644 g/mol. The molecule has 3 aliphatic heterocycles. The number of fused-ring (bicyclic) bond motifs is 3. The van der Waals surface area contributed by atoms with Crippen LogP contribution in [0.5, 0.6) is 0 Å². The summed E-state index contributed by atoms with van der Waals surface area (Å²) in [7, 11) is 1.57. The summed E-state index contributed by atoms with van der Waals surface area (Å²) in [6, 6.07) is 0. The molecule has 2 bridgehead atoms. The second kappa shape index (κ2) is 15.2. The molecule has 0 aliphatic carbocycles. The number of nitrogens with zero attached hydrogens (tertiary/aromatic N) is 1. The van der Waals surface area contributed by atoms with Gasteiger partial charge in [0.15, 0.2) is 12.0 Å². The molecule has 0 aromatic carbocycles. The Hall–Kier alpha value is -3.09. The number of carbonyl (C=O) groups is 2. The van der Waals surface area contributed by atoms with Crippen LogP contribution in [0.2, 0.25) is 0 Å². The Kier molecular flexibility index (Phi) is 11.8. The van der Waals surface area contributed by atoms with E-state index in [9.17, 15) is 24.9 Å². The smallest absolute Gasteiger partial charge is 0.338 e. The van der Waals surface area contributed by atoms with E-state index in [4.69, 9.17) is 23.4 Å². The third-order valence-electron chi connectivity index (χ3n) is 9.34. The van der Waals surface area contributed by atoms with E-state index in [1.165, 1.54) is 19.1 Å². The Morgan fingerprint density at radius 3 is 2.54 bits per heavy atom. The molecule has 11 nitrogen and oxygen atoms in total. The predicted octanol–water partition coefficient (Wildman–Crippen LogP) is 4.00. The fourth-order valence-corrected chi connectivity index (χ4v) is 6.30. The number of ether oxygens (including phenoxy) is 4. The first-order chi connectivity index (χ1) is 21.7. The van der Waals surface area contributed by atoms with Crippen LogP contribution in [0.1, 0.15) is 71.9 Å². The summed E-state index contributed by atoms with van der Waals surface area (Å²) in [5, 5.41) is 33.3. The number of epoxide rings is 1. The van der Waals surface area contributed by atoms with Gasteiger partial charge in [-0.2, -0.15) is 0 Å². The molecular weight excluding hydrogens is 594 g/mol. The van der Waals surface area contributed by atoms with Crippen molar-refractivity contribution >= 4 is 18.0 Å². The first kappa shape index (κ1) is 35.8. The van der Waals surface area contributed by atoms with Crippen LogP contribution in [0.15, 0.2) is 52.2 Å². The van der Waals surface area contributed by atoms with Crippen molar-refractivity contribution in [2.75, 3.05) is 7.11 Å². The van der Waals surface area contributed by atoms with Gasteiger partial charge in [0.05, 0.1) is 24.4 Å². The number of esters is 2. The third kappa shape index (κ3) is 9.25. The Morgan fingerprint density at radius 1 is 1.15 bits per heavy atom. The quantitative estimate of drug-likeness (QED) is 0.170. The van der Waals surface area contributed by atoms with Crippen LogP contribution < -0.4 is 0 Å². The monoisotopic (exact) mass is 643 g/mol. The summed E-state index contributed by atoms with van der Waals surface area (Å²) in [5.74, 6) is -1.28. The summed E-state index contributed by atoms with van der Waals surface area (Å²) in [6.45, 7) is 10.7. The fourth-order valence-electron chi connectivity index (χ4n) is 6.30. The van der Waals surface area contributed by atoms with Crippen molar-refractivity contribution in [1.29, 1.82) is 0 Å². The summed E-state index contributed by atoms with van der Waals surface area (Å²) in [5.41, 5.74) is 0.779. The van der Waals surface area contributed by atoms with Crippen molar-refractivity contribution in [3.05, 3.63) is 59.4 Å². The number of oxazole rings is 1. The van der Waals surface area contributed by atoms with Gasteiger partial charge in [0.2, 0.25) is 0 Å². The van der Waals surface area contributed by atoms with E-state index in [2.05, 4.69) is 4.98 Å². The molecule has 254 valence electrons. The van der Waals surface area contributed by atoms with Crippen LogP contribution in [0.25, 0.3) is 6.08 Å². The Labute approximate surface area is 271 Å². The number of aliphatic hydroxyl groups excluding tert-OH is 2. The number of carbonyl (C=O) groups excluding carboxylic acids is 2. The number of aromatic nitrogens is 1. The molecule has 46 heavy (non-hydrogen) atoms. The Bertz CT molecular complexity index is 1340. The van der Waals surface area contributed by atoms with Gasteiger partial charge in [0, 0.05) is 38.7 Å². The minimum atomic E-state index is -1.77. The molecule has 2 saturated heterocycles. The molecule has 3 aliphatic rings. The Balaban J connectivity index is 1.55.